The third kappa shape index (κ3) is 3.50. The summed E-state index contributed by atoms with van der Waals surface area (Å²) >= 11 is 1.42. The summed E-state index contributed by atoms with van der Waals surface area (Å²) in [7, 11) is 0. The van der Waals surface area contributed by atoms with E-state index in [4.69, 9.17) is 0 Å². The Morgan fingerprint density at radius 3 is 2.68 bits per heavy atom. The largest absolute Gasteiger partial charge is 0.351 e. The van der Waals surface area contributed by atoms with Gasteiger partial charge in [-0.25, -0.2) is 0 Å². The van der Waals surface area contributed by atoms with Crippen molar-refractivity contribution in [3.63, 3.8) is 0 Å². The molecule has 1 saturated heterocycles. The van der Waals surface area contributed by atoms with Crippen LogP contribution < -0.4 is 5.32 Å². The van der Waals surface area contributed by atoms with Crippen LogP contribution >= 0.6 is 11.8 Å². The van der Waals surface area contributed by atoms with Crippen molar-refractivity contribution in [3.05, 3.63) is 29.8 Å². The number of nitrogens with one attached hydrogen (secondary N) is 1. The molecule has 0 aromatic heterocycles. The fourth-order valence-corrected chi connectivity index (χ4v) is 3.69. The monoisotopic (exact) mass is 317 g/mol. The summed E-state index contributed by atoms with van der Waals surface area (Å²) in [5, 5.41) is 3.23. The molecule has 0 saturated carbocycles. The highest BCUT2D eigenvalue weighted by Crippen LogP contribution is 2.29. The molecule has 2 aliphatic rings. The van der Waals surface area contributed by atoms with Gasteiger partial charge in [0, 0.05) is 25.2 Å². The molecular formula is C16H19N3O2S. The van der Waals surface area contributed by atoms with Gasteiger partial charge in [0.1, 0.15) is 5.25 Å². The maximum Gasteiger partial charge on any atom is 0.262 e. The van der Waals surface area contributed by atoms with E-state index >= 15 is 0 Å². The quantitative estimate of drug-likeness (QED) is 0.930. The number of thioether (sulfide) groups is 1. The maximum absolute atomic E-state index is 12.1. The molecule has 0 radical (unpaired) electrons. The zero-order valence-electron chi connectivity index (χ0n) is 12.5. The Balaban J connectivity index is 1.54. The van der Waals surface area contributed by atoms with Gasteiger partial charge in [0.2, 0.25) is 5.91 Å². The predicted octanol–water partition coefficient (Wildman–Crippen LogP) is 2.42. The molecule has 22 heavy (non-hydrogen) atoms. The van der Waals surface area contributed by atoms with Crippen molar-refractivity contribution in [3.8, 4) is 0 Å². The molecule has 0 aliphatic carbocycles. The molecule has 0 spiro atoms. The fraction of sp³-hybridized carbons (Fsp3) is 0.438. The van der Waals surface area contributed by atoms with Gasteiger partial charge in [-0.05, 0) is 31.9 Å². The van der Waals surface area contributed by atoms with Gasteiger partial charge in [0.05, 0.1) is 0 Å². The van der Waals surface area contributed by atoms with Gasteiger partial charge in [0.25, 0.3) is 5.91 Å². The number of anilines is 1. The van der Waals surface area contributed by atoms with E-state index in [9.17, 15) is 9.59 Å². The first-order chi connectivity index (χ1) is 10.6. The van der Waals surface area contributed by atoms with Crippen LogP contribution in [0, 0.1) is 6.92 Å². The molecule has 5 nitrogen and oxygen atoms in total. The van der Waals surface area contributed by atoms with Crippen molar-refractivity contribution in [1.29, 1.82) is 0 Å². The van der Waals surface area contributed by atoms with Gasteiger partial charge in [-0.3, -0.25) is 9.59 Å². The van der Waals surface area contributed by atoms with E-state index in [-0.39, 0.29) is 23.5 Å². The van der Waals surface area contributed by atoms with Crippen LogP contribution in [0.1, 0.15) is 24.8 Å². The first-order valence-electron chi connectivity index (χ1n) is 7.52. The van der Waals surface area contributed by atoms with E-state index in [0.29, 0.717) is 0 Å². The molecule has 1 fully saturated rings. The number of hydrogen-bond acceptors (Lipinski definition) is 4. The first kappa shape index (κ1) is 15.1. The van der Waals surface area contributed by atoms with E-state index in [1.165, 1.54) is 11.8 Å². The van der Waals surface area contributed by atoms with Gasteiger partial charge in [-0.2, -0.15) is 4.99 Å². The van der Waals surface area contributed by atoms with Crippen LogP contribution in [0.5, 0.6) is 0 Å². The molecular weight excluding hydrogens is 298 g/mol. The summed E-state index contributed by atoms with van der Waals surface area (Å²) in [6.07, 6.45) is 2.46. The number of nitrogens with zero attached hydrogens (tertiary/aromatic N) is 2. The first-order valence-corrected chi connectivity index (χ1v) is 8.40. The molecule has 2 aliphatic heterocycles. The zero-order valence-corrected chi connectivity index (χ0v) is 13.4. The third-order valence-electron chi connectivity index (χ3n) is 3.81. The normalized spacial score (nSPS) is 21.1. The Hall–Kier alpha value is -1.82. The standard InChI is InChI=1S/C16H19N3O2S/c1-11-4-6-12(7-5-11)17-14(20)10-13-15(21)18-16(22-13)19-8-2-3-9-19/h4-7,13H,2-3,8-10H2,1H3,(H,17,20). The summed E-state index contributed by atoms with van der Waals surface area (Å²) in [6, 6.07) is 7.62. The smallest absolute Gasteiger partial charge is 0.262 e. The Bertz CT molecular complexity index is 606. The van der Waals surface area contributed by atoms with Crippen LogP contribution in [-0.2, 0) is 9.59 Å². The Morgan fingerprint density at radius 1 is 1.32 bits per heavy atom. The van der Waals surface area contributed by atoms with Crippen molar-refractivity contribution in [1.82, 2.24) is 4.90 Å². The lowest BCUT2D eigenvalue weighted by molar-refractivity contribution is -0.121. The van der Waals surface area contributed by atoms with E-state index in [1.54, 1.807) is 0 Å². The maximum atomic E-state index is 12.1. The highest BCUT2D eigenvalue weighted by molar-refractivity contribution is 8.15. The molecule has 3 rings (SSSR count). The van der Waals surface area contributed by atoms with Crippen LogP contribution in [0.2, 0.25) is 0 Å². The van der Waals surface area contributed by atoms with Crippen LogP contribution in [-0.4, -0.2) is 40.2 Å². The number of rotatable bonds is 3. The molecule has 1 atom stereocenters. The SMILES string of the molecule is Cc1ccc(NC(=O)CC2SC(N3CCCC3)=NC2=O)cc1. The molecule has 1 N–H and O–H groups in total. The number of likely N-dealkylation sites (tertiary alicyclic amines) is 1. The van der Waals surface area contributed by atoms with Crippen LogP contribution in [0.15, 0.2) is 29.3 Å². The minimum absolute atomic E-state index is 0.146. The van der Waals surface area contributed by atoms with Gasteiger partial charge < -0.3 is 10.2 Å². The number of carbonyl (C=O) groups is 2. The number of benzene rings is 1. The second-order valence-corrected chi connectivity index (χ2v) is 6.82. The minimum atomic E-state index is -0.388. The van der Waals surface area contributed by atoms with Crippen molar-refractivity contribution >= 4 is 34.4 Å². The van der Waals surface area contributed by atoms with Crippen molar-refractivity contribution in [2.75, 3.05) is 18.4 Å². The Morgan fingerprint density at radius 2 is 2.00 bits per heavy atom. The molecule has 1 unspecified atom stereocenters. The van der Waals surface area contributed by atoms with E-state index < -0.39 is 0 Å². The number of amidine groups is 1. The molecule has 0 bridgehead atoms. The minimum Gasteiger partial charge on any atom is -0.351 e. The topological polar surface area (TPSA) is 61.8 Å². The predicted molar refractivity (Wildman–Crippen MR) is 89.1 cm³/mol. The molecule has 2 amide bonds. The van der Waals surface area contributed by atoms with Crippen LogP contribution in [0.25, 0.3) is 0 Å². The highest BCUT2D eigenvalue weighted by Gasteiger charge is 2.33. The van der Waals surface area contributed by atoms with Crippen molar-refractivity contribution in [2.45, 2.75) is 31.4 Å². The number of carbonyl (C=O) groups excluding carboxylic acids is 2. The lowest BCUT2D eigenvalue weighted by atomic mass is 10.2. The second kappa shape index (κ2) is 6.52. The van der Waals surface area contributed by atoms with Crippen molar-refractivity contribution < 1.29 is 9.59 Å². The van der Waals surface area contributed by atoms with Gasteiger partial charge in [-0.15, -0.1) is 0 Å². The Labute approximate surface area is 134 Å². The number of amides is 2. The van der Waals surface area contributed by atoms with E-state index in [1.807, 2.05) is 31.2 Å². The summed E-state index contributed by atoms with van der Waals surface area (Å²) in [5.74, 6) is -0.335. The van der Waals surface area contributed by atoms with E-state index in [0.717, 1.165) is 42.3 Å². The number of hydrogen-bond donors (Lipinski definition) is 1. The molecule has 2 heterocycles. The zero-order chi connectivity index (χ0) is 15.5. The van der Waals surface area contributed by atoms with Gasteiger partial charge >= 0.3 is 0 Å². The van der Waals surface area contributed by atoms with E-state index in [2.05, 4.69) is 15.2 Å². The third-order valence-corrected chi connectivity index (χ3v) is 5.02. The number of aryl methyl sites for hydroxylation is 1. The lowest BCUT2D eigenvalue weighted by Gasteiger charge is -2.16. The van der Waals surface area contributed by atoms with Crippen LogP contribution in [0.3, 0.4) is 0 Å². The van der Waals surface area contributed by atoms with Crippen LogP contribution in [0.4, 0.5) is 5.69 Å². The fourth-order valence-electron chi connectivity index (χ4n) is 2.57. The average Bonchev–Trinajstić information content (AvgIpc) is 3.12. The summed E-state index contributed by atoms with van der Waals surface area (Å²) < 4.78 is 0. The van der Waals surface area contributed by atoms with Gasteiger partial charge in [-0.1, -0.05) is 29.5 Å². The molecule has 1 aromatic rings. The lowest BCUT2D eigenvalue weighted by Crippen LogP contribution is -2.25. The van der Waals surface area contributed by atoms with Gasteiger partial charge in [0.15, 0.2) is 5.17 Å². The summed E-state index contributed by atoms with van der Waals surface area (Å²) in [6.45, 7) is 3.92. The summed E-state index contributed by atoms with van der Waals surface area (Å²) in [5.41, 5.74) is 1.90. The number of aliphatic imine (C=N–C) groups is 1. The highest BCUT2D eigenvalue weighted by atomic mass is 32.2. The average molecular weight is 317 g/mol. The second-order valence-electron chi connectivity index (χ2n) is 5.65. The summed E-state index contributed by atoms with van der Waals surface area (Å²) in [4.78, 5) is 30.3. The molecule has 6 heteroatoms. The van der Waals surface area contributed by atoms with Crippen molar-refractivity contribution in [2.24, 2.45) is 4.99 Å². The Kier molecular flexibility index (Phi) is 4.47. The molecule has 116 valence electrons. The molecule has 1 aromatic carbocycles.